The summed E-state index contributed by atoms with van der Waals surface area (Å²) >= 11 is 0. The Kier molecular flexibility index (Phi) is 15.2. The van der Waals surface area contributed by atoms with E-state index < -0.39 is 5.41 Å². The highest BCUT2D eigenvalue weighted by Gasteiger charge is 2.26. The number of methoxy groups -OCH3 is 1. The van der Waals surface area contributed by atoms with Gasteiger partial charge in [-0.1, -0.05) is 65.0 Å². The van der Waals surface area contributed by atoms with Gasteiger partial charge in [-0.2, -0.15) is 0 Å². The third-order valence-electron chi connectivity index (χ3n) is 5.82. The summed E-state index contributed by atoms with van der Waals surface area (Å²) in [5, 5.41) is 8.38. The molecule has 1 N–H and O–H groups in total. The zero-order valence-electron chi connectivity index (χ0n) is 21.5. The second-order valence-corrected chi connectivity index (χ2v) is 9.43. The van der Waals surface area contributed by atoms with Crippen LogP contribution in [0.2, 0.25) is 0 Å². The zero-order chi connectivity index (χ0) is 24.7. The van der Waals surface area contributed by atoms with Crippen molar-refractivity contribution < 1.29 is 24.2 Å². The summed E-state index contributed by atoms with van der Waals surface area (Å²) in [5.74, 6) is -0.376. The van der Waals surface area contributed by atoms with Gasteiger partial charge in [0, 0.05) is 0 Å². The topological polar surface area (TPSA) is 72.8 Å². The monoisotopic (exact) mass is 438 g/mol. The summed E-state index contributed by atoms with van der Waals surface area (Å²) in [7, 11) is 1.42. The van der Waals surface area contributed by atoms with E-state index in [9.17, 15) is 9.59 Å². The van der Waals surface area contributed by atoms with Crippen molar-refractivity contribution in [2.24, 2.45) is 10.8 Å². The molecule has 0 aliphatic rings. The fourth-order valence-corrected chi connectivity index (χ4v) is 1.99. The number of hydrogen-bond donors (Lipinski definition) is 1. The first-order chi connectivity index (χ1) is 14.2. The number of aliphatic hydroxyl groups is 1. The predicted molar refractivity (Wildman–Crippen MR) is 128 cm³/mol. The lowest BCUT2D eigenvalue weighted by atomic mass is 9.82. The number of esters is 2. The van der Waals surface area contributed by atoms with Gasteiger partial charge >= 0.3 is 11.9 Å². The lowest BCUT2D eigenvalue weighted by Crippen LogP contribution is -2.26. The molecule has 0 aliphatic carbocycles. The van der Waals surface area contributed by atoms with E-state index in [0.717, 1.165) is 12.8 Å². The fraction of sp³-hybridized carbons (Fsp3) is 0.692. The molecule has 5 heteroatoms. The second kappa shape index (κ2) is 15.0. The van der Waals surface area contributed by atoms with Crippen LogP contribution in [-0.2, 0) is 24.5 Å². The Morgan fingerprint density at radius 2 is 1.26 bits per heavy atom. The van der Waals surface area contributed by atoms with E-state index in [1.165, 1.54) is 19.1 Å². The summed E-state index contributed by atoms with van der Waals surface area (Å²) in [6, 6.07) is 10.7. The Hall–Kier alpha value is -1.88. The van der Waals surface area contributed by atoms with Crippen molar-refractivity contribution in [1.82, 2.24) is 0 Å². The van der Waals surface area contributed by atoms with Gasteiger partial charge in [-0.3, -0.25) is 9.59 Å². The number of carbonyl (C=O) groups excluding carboxylic acids is 2. The van der Waals surface area contributed by atoms with Gasteiger partial charge in [0.2, 0.25) is 0 Å². The highest BCUT2D eigenvalue weighted by atomic mass is 16.5. The number of ether oxygens (including phenoxy) is 2. The molecule has 0 aliphatic heterocycles. The zero-order valence-corrected chi connectivity index (χ0v) is 21.5. The van der Waals surface area contributed by atoms with Crippen LogP contribution in [0.15, 0.2) is 30.3 Å². The molecule has 0 aromatic heterocycles. The van der Waals surface area contributed by atoms with Gasteiger partial charge in [-0.25, -0.2) is 0 Å². The molecule has 1 aromatic carbocycles. The maximum Gasteiger partial charge on any atom is 0.311 e. The average molecular weight is 439 g/mol. The van der Waals surface area contributed by atoms with Gasteiger partial charge in [0.25, 0.3) is 0 Å². The van der Waals surface area contributed by atoms with Crippen LogP contribution in [0.5, 0.6) is 0 Å². The second-order valence-electron chi connectivity index (χ2n) is 9.43. The Balaban J connectivity index is 0. The SMILES string of the molecule is CCC(C)(C)C(=O)OC.CCC(C)(C)C(=O)OCCO.CCC(C)(C)c1ccccc1. The molecule has 31 heavy (non-hydrogen) atoms. The van der Waals surface area contributed by atoms with Crippen LogP contribution in [0.3, 0.4) is 0 Å². The van der Waals surface area contributed by atoms with Crippen molar-refractivity contribution >= 4 is 11.9 Å². The van der Waals surface area contributed by atoms with Crippen LogP contribution in [0.1, 0.15) is 87.1 Å². The maximum atomic E-state index is 11.1. The molecule has 180 valence electrons. The molecule has 0 amide bonds. The molecule has 0 saturated carbocycles. The maximum absolute atomic E-state index is 11.1. The van der Waals surface area contributed by atoms with Gasteiger partial charge in [-0.15, -0.1) is 0 Å². The Bertz CT molecular complexity index is 618. The summed E-state index contributed by atoms with van der Waals surface area (Å²) in [6.45, 7) is 18.1. The van der Waals surface area contributed by atoms with Gasteiger partial charge in [-0.05, 0) is 57.9 Å². The van der Waals surface area contributed by atoms with Crippen molar-refractivity contribution in [3.8, 4) is 0 Å². The minimum absolute atomic E-state index is 0.0995. The van der Waals surface area contributed by atoms with Crippen LogP contribution in [-0.4, -0.2) is 37.4 Å². The molecule has 0 fully saturated rings. The standard InChI is InChI=1S/C11H16.C8H16O3.C7H14O2/c1-4-11(2,3)10-8-6-5-7-9-10;1-4-8(2,3)7(10)11-6-5-9;1-5-7(2,3)6(8)9-4/h5-9H,4H2,1-3H3;9H,4-6H2,1-3H3;5H2,1-4H3. The van der Waals surface area contributed by atoms with E-state index in [-0.39, 0.29) is 30.6 Å². The molecule has 0 spiro atoms. The minimum Gasteiger partial charge on any atom is -0.469 e. The van der Waals surface area contributed by atoms with Crippen molar-refractivity contribution in [2.75, 3.05) is 20.3 Å². The van der Waals surface area contributed by atoms with Crippen molar-refractivity contribution in [1.29, 1.82) is 0 Å². The lowest BCUT2D eigenvalue weighted by molar-refractivity contribution is -0.155. The minimum atomic E-state index is -0.421. The van der Waals surface area contributed by atoms with Crippen LogP contribution >= 0.6 is 0 Å². The quantitative estimate of drug-likeness (QED) is 0.509. The number of hydrogen-bond acceptors (Lipinski definition) is 5. The fourth-order valence-electron chi connectivity index (χ4n) is 1.99. The van der Waals surface area contributed by atoms with Gasteiger partial charge in [0.05, 0.1) is 24.5 Å². The number of carbonyl (C=O) groups is 2. The normalized spacial score (nSPS) is 11.3. The van der Waals surface area contributed by atoms with Crippen LogP contribution in [0.4, 0.5) is 0 Å². The molecule has 0 atom stereocenters. The molecule has 0 heterocycles. The molecule has 1 aromatic rings. The van der Waals surface area contributed by atoms with Crippen molar-refractivity contribution in [3.05, 3.63) is 35.9 Å². The van der Waals surface area contributed by atoms with Crippen molar-refractivity contribution in [2.45, 2.75) is 87.0 Å². The first-order valence-electron chi connectivity index (χ1n) is 11.2. The van der Waals surface area contributed by atoms with E-state index in [0.29, 0.717) is 5.41 Å². The Labute approximate surface area is 190 Å². The first kappa shape index (κ1) is 31.3. The highest BCUT2D eigenvalue weighted by Crippen LogP contribution is 2.25. The molecular weight excluding hydrogens is 392 g/mol. The summed E-state index contributed by atoms with van der Waals surface area (Å²) < 4.78 is 9.32. The lowest BCUT2D eigenvalue weighted by Gasteiger charge is -2.22. The van der Waals surface area contributed by atoms with E-state index in [2.05, 4.69) is 55.8 Å². The number of aliphatic hydroxyl groups excluding tert-OH is 1. The third kappa shape index (κ3) is 12.5. The Morgan fingerprint density at radius 1 is 0.806 bits per heavy atom. The third-order valence-corrected chi connectivity index (χ3v) is 5.82. The predicted octanol–water partition coefficient (Wildman–Crippen LogP) is 5.93. The molecular formula is C26H46O5. The number of rotatable bonds is 8. The smallest absolute Gasteiger partial charge is 0.311 e. The van der Waals surface area contributed by atoms with E-state index in [1.807, 2.05) is 41.5 Å². The van der Waals surface area contributed by atoms with Gasteiger partial charge in [0.1, 0.15) is 6.61 Å². The molecule has 0 saturated heterocycles. The Morgan fingerprint density at radius 3 is 1.58 bits per heavy atom. The molecule has 5 nitrogen and oxygen atoms in total. The number of benzene rings is 1. The van der Waals surface area contributed by atoms with Crippen LogP contribution in [0, 0.1) is 10.8 Å². The van der Waals surface area contributed by atoms with E-state index in [1.54, 1.807) is 0 Å². The molecule has 0 unspecified atom stereocenters. The summed E-state index contributed by atoms with van der Waals surface area (Å²) in [5.41, 5.74) is 1.04. The van der Waals surface area contributed by atoms with Gasteiger partial charge < -0.3 is 14.6 Å². The summed E-state index contributed by atoms with van der Waals surface area (Å²) in [4.78, 5) is 22.0. The average Bonchev–Trinajstić information content (AvgIpc) is 2.78. The molecule has 1 rings (SSSR count). The molecule has 0 radical (unpaired) electrons. The van der Waals surface area contributed by atoms with E-state index >= 15 is 0 Å². The first-order valence-corrected chi connectivity index (χ1v) is 11.2. The highest BCUT2D eigenvalue weighted by molar-refractivity contribution is 5.76. The van der Waals surface area contributed by atoms with Crippen LogP contribution in [0.25, 0.3) is 0 Å². The van der Waals surface area contributed by atoms with Gasteiger partial charge in [0.15, 0.2) is 0 Å². The van der Waals surface area contributed by atoms with Crippen molar-refractivity contribution in [3.63, 3.8) is 0 Å². The van der Waals surface area contributed by atoms with Crippen LogP contribution < -0.4 is 0 Å². The summed E-state index contributed by atoms with van der Waals surface area (Å²) in [6.07, 6.45) is 2.76. The largest absolute Gasteiger partial charge is 0.469 e. The van der Waals surface area contributed by atoms with E-state index in [4.69, 9.17) is 9.84 Å². The molecule has 0 bridgehead atoms.